The van der Waals surface area contributed by atoms with Crippen molar-refractivity contribution >= 4 is 11.8 Å². The molecule has 0 radical (unpaired) electrons. The van der Waals surface area contributed by atoms with Crippen molar-refractivity contribution in [3.63, 3.8) is 0 Å². The lowest BCUT2D eigenvalue weighted by Gasteiger charge is -2.44. The molecular formula is C47H73N5O4. The highest BCUT2D eigenvalue weighted by Crippen LogP contribution is 2.49. The topological polar surface area (TPSA) is 107 Å². The molecule has 1 aliphatic carbocycles. The van der Waals surface area contributed by atoms with Crippen molar-refractivity contribution in [3.8, 4) is 11.1 Å². The van der Waals surface area contributed by atoms with Gasteiger partial charge in [-0.1, -0.05) is 120 Å². The fourth-order valence-electron chi connectivity index (χ4n) is 8.37. The van der Waals surface area contributed by atoms with Crippen LogP contribution in [0.1, 0.15) is 174 Å². The van der Waals surface area contributed by atoms with Gasteiger partial charge in [-0.15, -0.1) is 0 Å². The lowest BCUT2D eigenvalue weighted by atomic mass is 9.65. The number of aromatic nitrogens is 2. The fourth-order valence-corrected chi connectivity index (χ4v) is 8.37. The van der Waals surface area contributed by atoms with Gasteiger partial charge in [0.1, 0.15) is 5.78 Å². The van der Waals surface area contributed by atoms with Crippen molar-refractivity contribution in [1.29, 1.82) is 0 Å². The molecule has 2 aliphatic rings. The van der Waals surface area contributed by atoms with Gasteiger partial charge in [-0.3, -0.25) is 24.5 Å². The summed E-state index contributed by atoms with van der Waals surface area (Å²) in [6.07, 6.45) is 14.2. The summed E-state index contributed by atoms with van der Waals surface area (Å²) in [6, 6.07) is 17.1. The van der Waals surface area contributed by atoms with E-state index in [9.17, 15) is 14.4 Å². The van der Waals surface area contributed by atoms with E-state index < -0.39 is 11.0 Å². The first-order chi connectivity index (χ1) is 27.0. The van der Waals surface area contributed by atoms with Crippen molar-refractivity contribution in [2.75, 3.05) is 13.2 Å². The van der Waals surface area contributed by atoms with Crippen molar-refractivity contribution in [1.82, 2.24) is 14.8 Å². The van der Waals surface area contributed by atoms with E-state index in [0.717, 1.165) is 111 Å². The summed E-state index contributed by atoms with van der Waals surface area (Å²) in [5.41, 5.74) is 9.19. The molecule has 0 spiro atoms. The largest absolute Gasteiger partial charge is 0.466 e. The van der Waals surface area contributed by atoms with Crippen molar-refractivity contribution in [3.05, 3.63) is 81.3 Å². The number of carbonyl (C=O) groups is 2. The number of ketones is 1. The number of fused-ring (bicyclic) bond motifs is 1. The number of benzene rings is 2. The minimum absolute atomic E-state index is 0.0385. The SMILES string of the molecule is CC.CCCCC(=O)OCCC.CCCCc1c(Cc2ccc(-c3ccccc3C(C)(C)NN=NCC)cc2)c(=O)n2n1CCCC2C1(C(C)=O)CCCCC1. The second-order valence-corrected chi connectivity index (χ2v) is 15.8. The van der Waals surface area contributed by atoms with E-state index in [4.69, 9.17) is 4.74 Å². The lowest BCUT2D eigenvalue weighted by molar-refractivity contribution is -0.143. The number of carbonyl (C=O) groups excluding carboxylic acids is 2. The van der Waals surface area contributed by atoms with Gasteiger partial charge >= 0.3 is 5.97 Å². The molecule has 1 aromatic heterocycles. The van der Waals surface area contributed by atoms with Gasteiger partial charge in [-0.2, -0.15) is 5.11 Å². The summed E-state index contributed by atoms with van der Waals surface area (Å²) in [5, 5.41) is 8.28. The maximum atomic E-state index is 14.4. The standard InChI is InChI=1S/C37H51N5O2.C8H16O2.C2H6/c1-6-8-17-33-31(35(44)42-34(18-14-25-41(33)42)37(27(3)43)23-12-9-13-24-37)26-28-19-21-29(22-20-28)30-15-10-11-16-32(30)36(4,5)39-40-38-7-2;1-3-5-6-8(9)10-7-4-2;1-2/h10-11,15-16,19-22,34H,6-9,12-14,17-18,23-26H2,1-5H3,(H,38,39);3-7H2,1-2H3;1-2H3. The van der Waals surface area contributed by atoms with Gasteiger partial charge in [0.25, 0.3) is 5.56 Å². The van der Waals surface area contributed by atoms with Gasteiger partial charge in [0.05, 0.1) is 30.1 Å². The molecule has 9 nitrogen and oxygen atoms in total. The third-order valence-corrected chi connectivity index (χ3v) is 11.4. The second kappa shape index (κ2) is 23.3. The summed E-state index contributed by atoms with van der Waals surface area (Å²) in [5.74, 6) is 0.215. The molecule has 1 N–H and O–H groups in total. The quantitative estimate of drug-likeness (QED) is 0.0835. The summed E-state index contributed by atoms with van der Waals surface area (Å²) in [4.78, 5) is 38.4. The number of rotatable bonds is 17. The predicted octanol–water partition coefficient (Wildman–Crippen LogP) is 11.5. The Morgan fingerprint density at radius 2 is 1.59 bits per heavy atom. The van der Waals surface area contributed by atoms with Gasteiger partial charge in [0.2, 0.25) is 0 Å². The summed E-state index contributed by atoms with van der Waals surface area (Å²) in [7, 11) is 0. The Kier molecular flexibility index (Phi) is 19.3. The Balaban J connectivity index is 0.000000611. The minimum atomic E-state index is -0.409. The van der Waals surface area contributed by atoms with E-state index in [1.807, 2.05) is 32.4 Å². The Morgan fingerprint density at radius 1 is 0.911 bits per heavy atom. The zero-order valence-electron chi connectivity index (χ0n) is 36.3. The van der Waals surface area contributed by atoms with E-state index in [1.54, 1.807) is 6.92 Å². The number of hydrogen-bond acceptors (Lipinski definition) is 6. The molecule has 1 atom stereocenters. The Labute approximate surface area is 338 Å². The monoisotopic (exact) mass is 772 g/mol. The summed E-state index contributed by atoms with van der Waals surface area (Å²) in [6.45, 7) is 20.3. The number of hydrogen-bond donors (Lipinski definition) is 1. The van der Waals surface area contributed by atoms with Gasteiger partial charge in [0, 0.05) is 30.6 Å². The number of Topliss-reactive ketones (excluding diaryl/α,β-unsaturated/α-hetero) is 1. The Bertz CT molecular complexity index is 1720. The molecule has 0 saturated heterocycles. The van der Waals surface area contributed by atoms with E-state index in [2.05, 4.69) is 96.7 Å². The van der Waals surface area contributed by atoms with Crippen LogP contribution in [0, 0.1) is 5.41 Å². The zero-order valence-corrected chi connectivity index (χ0v) is 36.3. The fraction of sp³-hybridized carbons (Fsp3) is 0.638. The highest BCUT2D eigenvalue weighted by molar-refractivity contribution is 5.83. The predicted molar refractivity (Wildman–Crippen MR) is 230 cm³/mol. The minimum Gasteiger partial charge on any atom is -0.466 e. The summed E-state index contributed by atoms with van der Waals surface area (Å²) >= 11 is 0. The van der Waals surface area contributed by atoms with Gasteiger partial charge in [0.15, 0.2) is 0 Å². The van der Waals surface area contributed by atoms with Crippen molar-refractivity contribution < 1.29 is 14.3 Å². The second-order valence-electron chi connectivity index (χ2n) is 15.8. The normalized spacial score (nSPS) is 16.2. The molecule has 3 aromatic rings. The molecule has 9 heteroatoms. The highest BCUT2D eigenvalue weighted by atomic mass is 16.5. The van der Waals surface area contributed by atoms with Crippen LogP contribution in [0.2, 0.25) is 0 Å². The van der Waals surface area contributed by atoms with E-state index in [-0.39, 0.29) is 23.4 Å². The average Bonchev–Trinajstić information content (AvgIpc) is 3.49. The maximum absolute atomic E-state index is 14.4. The smallest absolute Gasteiger partial charge is 0.305 e. The van der Waals surface area contributed by atoms with Gasteiger partial charge < -0.3 is 4.74 Å². The molecular weight excluding hydrogens is 699 g/mol. The van der Waals surface area contributed by atoms with Gasteiger partial charge in [-0.05, 0) is 101 Å². The summed E-state index contributed by atoms with van der Waals surface area (Å²) < 4.78 is 9.19. The molecule has 56 heavy (non-hydrogen) atoms. The number of esters is 1. The molecule has 310 valence electrons. The van der Waals surface area contributed by atoms with E-state index in [0.29, 0.717) is 26.0 Å². The molecule has 2 aromatic carbocycles. The lowest BCUT2D eigenvalue weighted by Crippen LogP contribution is -2.47. The highest BCUT2D eigenvalue weighted by Gasteiger charge is 2.47. The van der Waals surface area contributed by atoms with Gasteiger partial charge in [-0.25, -0.2) is 4.68 Å². The maximum Gasteiger partial charge on any atom is 0.305 e. The van der Waals surface area contributed by atoms with Crippen LogP contribution in [-0.2, 0) is 39.3 Å². The van der Waals surface area contributed by atoms with Crippen LogP contribution in [0.25, 0.3) is 11.1 Å². The van der Waals surface area contributed by atoms with Crippen LogP contribution in [0.5, 0.6) is 0 Å². The van der Waals surface area contributed by atoms with Crippen molar-refractivity contribution in [2.24, 2.45) is 15.8 Å². The Hall–Kier alpha value is -4.01. The molecule has 1 aliphatic heterocycles. The van der Waals surface area contributed by atoms with Crippen LogP contribution in [0.15, 0.2) is 63.7 Å². The molecule has 0 bridgehead atoms. The molecule has 0 amide bonds. The number of ether oxygens (including phenoxy) is 1. The van der Waals surface area contributed by atoms with Crippen LogP contribution in [0.3, 0.4) is 0 Å². The first kappa shape index (κ1) is 46.4. The number of unbranched alkanes of at least 4 members (excludes halogenated alkanes) is 2. The molecule has 1 saturated carbocycles. The first-order valence-corrected chi connectivity index (χ1v) is 21.9. The van der Waals surface area contributed by atoms with E-state index in [1.165, 1.54) is 12.1 Å². The van der Waals surface area contributed by atoms with Crippen LogP contribution < -0.4 is 11.0 Å². The van der Waals surface area contributed by atoms with E-state index >= 15 is 0 Å². The number of nitrogens with zero attached hydrogens (tertiary/aromatic N) is 4. The third kappa shape index (κ3) is 11.8. The Morgan fingerprint density at radius 3 is 2.21 bits per heavy atom. The first-order valence-electron chi connectivity index (χ1n) is 21.9. The molecule has 1 unspecified atom stereocenters. The average molecular weight is 772 g/mol. The van der Waals surface area contributed by atoms with Crippen LogP contribution in [0.4, 0.5) is 0 Å². The molecule has 5 rings (SSSR count). The number of nitrogens with one attached hydrogen (secondary N) is 1. The van der Waals surface area contributed by atoms with Crippen molar-refractivity contribution in [2.45, 2.75) is 177 Å². The molecule has 2 heterocycles. The molecule has 1 fully saturated rings. The zero-order chi connectivity index (χ0) is 41.1. The third-order valence-electron chi connectivity index (χ3n) is 11.4. The van der Waals surface area contributed by atoms with Crippen LogP contribution in [-0.4, -0.2) is 34.3 Å². The van der Waals surface area contributed by atoms with Crippen LogP contribution >= 0.6 is 0 Å².